The molecule has 4 heterocycles. The lowest BCUT2D eigenvalue weighted by Crippen LogP contribution is -2.37. The highest BCUT2D eigenvalue weighted by Crippen LogP contribution is 2.36. The first-order chi connectivity index (χ1) is 13.7. The van der Waals surface area contributed by atoms with Gasteiger partial charge < -0.3 is 24.4 Å². The summed E-state index contributed by atoms with van der Waals surface area (Å²) in [7, 11) is 0. The van der Waals surface area contributed by atoms with Crippen molar-refractivity contribution in [2.45, 2.75) is 20.4 Å². The van der Waals surface area contributed by atoms with Gasteiger partial charge in [0, 0.05) is 24.5 Å². The molecule has 5 rings (SSSR count). The molecule has 0 saturated carbocycles. The van der Waals surface area contributed by atoms with Crippen molar-refractivity contribution in [1.29, 1.82) is 0 Å². The summed E-state index contributed by atoms with van der Waals surface area (Å²) in [5.41, 5.74) is 2.36. The number of benzene rings is 1. The molecule has 1 N–H and O–H groups in total. The minimum absolute atomic E-state index is 0.287. The summed E-state index contributed by atoms with van der Waals surface area (Å²) >= 11 is 1.72. The predicted octanol–water partition coefficient (Wildman–Crippen LogP) is 3.49. The van der Waals surface area contributed by atoms with Gasteiger partial charge in [-0.15, -0.1) is 11.3 Å². The minimum atomic E-state index is 0.287. The fourth-order valence-corrected chi connectivity index (χ4v) is 4.53. The van der Waals surface area contributed by atoms with Crippen molar-refractivity contribution in [3.05, 3.63) is 34.2 Å². The Morgan fingerprint density at radius 3 is 2.79 bits per heavy atom. The van der Waals surface area contributed by atoms with Gasteiger partial charge in [0.15, 0.2) is 11.5 Å². The molecule has 2 aliphatic heterocycles. The second kappa shape index (κ2) is 7.10. The van der Waals surface area contributed by atoms with E-state index in [0.29, 0.717) is 19.8 Å². The summed E-state index contributed by atoms with van der Waals surface area (Å²) in [4.78, 5) is 14.2. The molecule has 0 amide bonds. The average molecular weight is 398 g/mol. The van der Waals surface area contributed by atoms with Crippen LogP contribution < -0.4 is 19.7 Å². The third-order valence-electron chi connectivity index (χ3n) is 5.21. The summed E-state index contributed by atoms with van der Waals surface area (Å²) in [6, 6.07) is 6.02. The predicted molar refractivity (Wildman–Crippen MR) is 110 cm³/mol. The van der Waals surface area contributed by atoms with Gasteiger partial charge in [-0.3, -0.25) is 0 Å². The number of hydrogen-bond acceptors (Lipinski definition) is 8. The summed E-state index contributed by atoms with van der Waals surface area (Å²) < 4.78 is 16.4. The molecule has 0 bridgehead atoms. The van der Waals surface area contributed by atoms with Gasteiger partial charge in [-0.05, 0) is 37.1 Å². The van der Waals surface area contributed by atoms with Crippen LogP contribution in [0.5, 0.6) is 11.5 Å². The van der Waals surface area contributed by atoms with Crippen molar-refractivity contribution in [3.63, 3.8) is 0 Å². The average Bonchev–Trinajstić information content (AvgIpc) is 3.30. The maximum Gasteiger partial charge on any atom is 0.231 e. The van der Waals surface area contributed by atoms with Gasteiger partial charge in [0.1, 0.15) is 10.6 Å². The number of hydrogen-bond donors (Lipinski definition) is 1. The lowest BCUT2D eigenvalue weighted by Gasteiger charge is -2.27. The molecule has 0 aliphatic carbocycles. The number of ether oxygens (including phenoxy) is 3. The maximum atomic E-state index is 5.49. The number of aromatic nitrogens is 2. The lowest BCUT2D eigenvalue weighted by molar-refractivity contribution is 0.122. The Balaban J connectivity index is 1.47. The van der Waals surface area contributed by atoms with Crippen LogP contribution in [0.1, 0.15) is 16.0 Å². The Morgan fingerprint density at radius 1 is 1.11 bits per heavy atom. The molecule has 0 spiro atoms. The Kier molecular flexibility index (Phi) is 4.44. The number of anilines is 2. The first-order valence-electron chi connectivity index (χ1n) is 9.42. The molecule has 146 valence electrons. The monoisotopic (exact) mass is 398 g/mol. The zero-order valence-corrected chi connectivity index (χ0v) is 16.8. The first-order valence-corrected chi connectivity index (χ1v) is 10.2. The standard InChI is InChI=1S/C20H22N4O3S/c1-12-13(2)28-19-17(12)18(22-20(23-19)24-5-7-25-8-6-24)21-10-14-3-4-15-16(9-14)27-11-26-15/h3-4,9H,5-8,10-11H2,1-2H3,(H,21,22,23). The molecular formula is C20H22N4O3S. The molecule has 2 aromatic heterocycles. The van der Waals surface area contributed by atoms with Crippen LogP contribution in [0, 0.1) is 13.8 Å². The second-order valence-electron chi connectivity index (χ2n) is 6.98. The number of fused-ring (bicyclic) bond motifs is 2. The lowest BCUT2D eigenvalue weighted by atomic mass is 10.2. The normalized spacial score (nSPS) is 16.0. The smallest absolute Gasteiger partial charge is 0.231 e. The van der Waals surface area contributed by atoms with Crippen molar-refractivity contribution in [3.8, 4) is 11.5 Å². The van der Waals surface area contributed by atoms with Gasteiger partial charge >= 0.3 is 0 Å². The van der Waals surface area contributed by atoms with E-state index >= 15 is 0 Å². The highest BCUT2D eigenvalue weighted by molar-refractivity contribution is 7.18. The fraction of sp³-hybridized carbons (Fsp3) is 0.400. The van der Waals surface area contributed by atoms with E-state index in [-0.39, 0.29) is 6.79 Å². The molecule has 0 atom stereocenters. The third kappa shape index (κ3) is 3.12. The van der Waals surface area contributed by atoms with Gasteiger partial charge in [-0.2, -0.15) is 4.98 Å². The number of thiophene rings is 1. The second-order valence-corrected chi connectivity index (χ2v) is 8.18. The van der Waals surface area contributed by atoms with Crippen LogP contribution in [0.15, 0.2) is 18.2 Å². The van der Waals surface area contributed by atoms with Crippen molar-refractivity contribution in [2.24, 2.45) is 0 Å². The van der Waals surface area contributed by atoms with Gasteiger partial charge in [-0.1, -0.05) is 6.07 Å². The zero-order chi connectivity index (χ0) is 19.1. The first kappa shape index (κ1) is 17.5. The molecule has 2 aliphatic rings. The molecule has 28 heavy (non-hydrogen) atoms. The molecule has 1 fully saturated rings. The van der Waals surface area contributed by atoms with E-state index in [9.17, 15) is 0 Å². The van der Waals surface area contributed by atoms with Crippen LogP contribution in [0.2, 0.25) is 0 Å². The van der Waals surface area contributed by atoms with E-state index in [4.69, 9.17) is 24.2 Å². The fourth-order valence-electron chi connectivity index (χ4n) is 3.51. The summed E-state index contributed by atoms with van der Waals surface area (Å²) in [6.07, 6.45) is 0. The van der Waals surface area contributed by atoms with Crippen LogP contribution >= 0.6 is 11.3 Å². The number of rotatable bonds is 4. The number of morpholine rings is 1. The SMILES string of the molecule is Cc1sc2nc(N3CCOCC3)nc(NCc3ccc4c(c3)OCO4)c2c1C. The molecule has 3 aromatic rings. The van der Waals surface area contributed by atoms with E-state index in [1.165, 1.54) is 10.4 Å². The Bertz CT molecular complexity index is 1030. The molecule has 0 unspecified atom stereocenters. The number of nitrogens with zero attached hydrogens (tertiary/aromatic N) is 3. The quantitative estimate of drug-likeness (QED) is 0.721. The van der Waals surface area contributed by atoms with E-state index in [1.54, 1.807) is 11.3 Å². The summed E-state index contributed by atoms with van der Waals surface area (Å²) in [6.45, 7) is 8.27. The zero-order valence-electron chi connectivity index (χ0n) is 15.9. The highest BCUT2D eigenvalue weighted by atomic mass is 32.1. The van der Waals surface area contributed by atoms with Gasteiger partial charge in [0.05, 0.1) is 18.6 Å². The van der Waals surface area contributed by atoms with Crippen LogP contribution in [-0.4, -0.2) is 43.1 Å². The van der Waals surface area contributed by atoms with Gasteiger partial charge in [0.2, 0.25) is 12.7 Å². The Morgan fingerprint density at radius 2 is 1.93 bits per heavy atom. The molecule has 0 radical (unpaired) electrons. The van der Waals surface area contributed by atoms with Gasteiger partial charge in [0.25, 0.3) is 0 Å². The number of aryl methyl sites for hydroxylation is 2. The van der Waals surface area contributed by atoms with E-state index in [2.05, 4.69) is 24.1 Å². The topological polar surface area (TPSA) is 68.7 Å². The minimum Gasteiger partial charge on any atom is -0.454 e. The van der Waals surface area contributed by atoms with E-state index in [1.807, 2.05) is 18.2 Å². The third-order valence-corrected chi connectivity index (χ3v) is 6.31. The van der Waals surface area contributed by atoms with Crippen LogP contribution in [0.4, 0.5) is 11.8 Å². The van der Waals surface area contributed by atoms with Crippen molar-refractivity contribution >= 4 is 33.3 Å². The molecule has 7 nitrogen and oxygen atoms in total. The van der Waals surface area contributed by atoms with Gasteiger partial charge in [-0.25, -0.2) is 4.98 Å². The van der Waals surface area contributed by atoms with Crippen LogP contribution in [0.25, 0.3) is 10.2 Å². The molecule has 1 saturated heterocycles. The highest BCUT2D eigenvalue weighted by Gasteiger charge is 2.20. The summed E-state index contributed by atoms with van der Waals surface area (Å²) in [5.74, 6) is 3.24. The van der Waals surface area contributed by atoms with E-state index < -0.39 is 0 Å². The summed E-state index contributed by atoms with van der Waals surface area (Å²) in [5, 5.41) is 4.64. The number of nitrogens with one attached hydrogen (secondary N) is 1. The van der Waals surface area contributed by atoms with Crippen LogP contribution in [0.3, 0.4) is 0 Å². The molecule has 1 aromatic carbocycles. The maximum absolute atomic E-state index is 5.49. The van der Waals surface area contributed by atoms with Crippen LogP contribution in [-0.2, 0) is 11.3 Å². The van der Waals surface area contributed by atoms with Crippen molar-refractivity contribution in [2.75, 3.05) is 43.3 Å². The Labute approximate surface area is 167 Å². The Hall–Kier alpha value is -2.58. The van der Waals surface area contributed by atoms with E-state index in [0.717, 1.165) is 52.1 Å². The molecule has 8 heteroatoms. The molecular weight excluding hydrogens is 376 g/mol. The largest absolute Gasteiger partial charge is 0.454 e. The van der Waals surface area contributed by atoms with Crippen molar-refractivity contribution < 1.29 is 14.2 Å². The van der Waals surface area contributed by atoms with Crippen molar-refractivity contribution in [1.82, 2.24) is 9.97 Å².